The molecule has 0 unspecified atom stereocenters. The number of rotatable bonds is 4. The van der Waals surface area contributed by atoms with Gasteiger partial charge in [-0.25, -0.2) is 0 Å². The zero-order valence-corrected chi connectivity index (χ0v) is 11.8. The normalized spacial score (nSPS) is 16.2. The van der Waals surface area contributed by atoms with Crippen LogP contribution in [0.1, 0.15) is 44.7 Å². The van der Waals surface area contributed by atoms with Gasteiger partial charge in [0.05, 0.1) is 0 Å². The maximum atomic E-state index is 5.94. The van der Waals surface area contributed by atoms with Crippen LogP contribution in [0.3, 0.4) is 0 Å². The van der Waals surface area contributed by atoms with E-state index in [1.807, 2.05) is 6.07 Å². The Morgan fingerprint density at radius 1 is 1.37 bits per heavy atom. The van der Waals surface area contributed by atoms with Gasteiger partial charge in [-0.15, -0.1) is 0 Å². The second kappa shape index (κ2) is 4.89. The van der Waals surface area contributed by atoms with Crippen molar-refractivity contribution in [3.05, 3.63) is 30.0 Å². The molecule has 1 fully saturated rings. The van der Waals surface area contributed by atoms with Crippen LogP contribution in [-0.4, -0.2) is 10.6 Å². The van der Waals surface area contributed by atoms with Crippen molar-refractivity contribution < 1.29 is 0 Å². The fourth-order valence-electron chi connectivity index (χ4n) is 2.78. The number of nitrogens with zero attached hydrogens (tertiary/aromatic N) is 1. The summed E-state index contributed by atoms with van der Waals surface area (Å²) in [7, 11) is 0. The van der Waals surface area contributed by atoms with Gasteiger partial charge in [-0.2, -0.15) is 0 Å². The number of anilines is 1. The van der Waals surface area contributed by atoms with E-state index >= 15 is 0 Å². The highest BCUT2D eigenvalue weighted by molar-refractivity contribution is 5.87. The lowest BCUT2D eigenvalue weighted by Gasteiger charge is -2.26. The van der Waals surface area contributed by atoms with Gasteiger partial charge in [-0.05, 0) is 50.5 Å². The summed E-state index contributed by atoms with van der Waals surface area (Å²) in [6, 6.07) is 7.43. The largest absolute Gasteiger partial charge is 0.399 e. The molecule has 3 heteroatoms. The minimum atomic E-state index is 0.476. The minimum absolute atomic E-state index is 0.476. The highest BCUT2D eigenvalue weighted by atomic mass is 15.0. The van der Waals surface area contributed by atoms with E-state index in [1.165, 1.54) is 35.7 Å². The van der Waals surface area contributed by atoms with Crippen molar-refractivity contribution in [3.8, 4) is 0 Å². The van der Waals surface area contributed by atoms with Crippen molar-refractivity contribution in [3.63, 3.8) is 0 Å². The molecule has 3 N–H and O–H groups in total. The van der Waals surface area contributed by atoms with E-state index in [0.29, 0.717) is 6.04 Å². The lowest BCUT2D eigenvalue weighted by Crippen LogP contribution is -2.34. The average Bonchev–Trinajstić information content (AvgIpc) is 2.66. The predicted molar refractivity (Wildman–Crippen MR) is 81.2 cm³/mol. The zero-order valence-electron chi connectivity index (χ0n) is 11.8. The van der Waals surface area contributed by atoms with E-state index in [1.54, 1.807) is 0 Å². The van der Waals surface area contributed by atoms with Crippen molar-refractivity contribution in [2.75, 3.05) is 5.73 Å². The maximum absolute atomic E-state index is 5.94. The van der Waals surface area contributed by atoms with Gasteiger partial charge < -0.3 is 15.6 Å². The van der Waals surface area contributed by atoms with Crippen molar-refractivity contribution in [2.24, 2.45) is 0 Å². The van der Waals surface area contributed by atoms with Crippen LogP contribution >= 0.6 is 0 Å². The highest BCUT2D eigenvalue weighted by Crippen LogP contribution is 2.27. The third kappa shape index (κ3) is 2.35. The molecule has 1 aliphatic rings. The number of fused-ring (bicyclic) bond motifs is 1. The molecule has 0 spiro atoms. The fraction of sp³-hybridized carbons (Fsp3) is 0.500. The van der Waals surface area contributed by atoms with Crippen molar-refractivity contribution in [2.45, 2.75) is 51.7 Å². The van der Waals surface area contributed by atoms with Crippen LogP contribution in [0.2, 0.25) is 0 Å². The van der Waals surface area contributed by atoms with Crippen LogP contribution in [0.25, 0.3) is 10.9 Å². The summed E-state index contributed by atoms with van der Waals surface area (Å²) in [6.07, 6.45) is 6.30. The highest BCUT2D eigenvalue weighted by Gasteiger charge is 2.17. The molecule has 2 aromatic rings. The predicted octanol–water partition coefficient (Wildman–Crippen LogP) is 3.45. The van der Waals surface area contributed by atoms with Gasteiger partial charge in [0, 0.05) is 41.4 Å². The quantitative estimate of drug-likeness (QED) is 0.824. The number of hydrogen-bond donors (Lipinski definition) is 2. The summed E-state index contributed by atoms with van der Waals surface area (Å²) in [5.74, 6) is 0. The standard InChI is InChI=1S/C16H23N3/c1-11(2)19-10-12(9-18-14-4-3-5-14)15-8-13(17)6-7-16(15)19/h6-8,10-11,14,18H,3-5,9,17H2,1-2H3. The van der Waals surface area contributed by atoms with Gasteiger partial charge in [0.2, 0.25) is 0 Å². The first-order valence-electron chi connectivity index (χ1n) is 7.27. The summed E-state index contributed by atoms with van der Waals surface area (Å²) >= 11 is 0. The molecule has 0 amide bonds. The van der Waals surface area contributed by atoms with Crippen LogP contribution in [-0.2, 0) is 6.54 Å². The Labute approximate surface area is 114 Å². The Hall–Kier alpha value is -1.48. The Morgan fingerprint density at radius 2 is 2.16 bits per heavy atom. The number of benzene rings is 1. The first kappa shape index (κ1) is 12.5. The number of nitrogens with two attached hydrogens (primary N) is 1. The summed E-state index contributed by atoms with van der Waals surface area (Å²) < 4.78 is 2.34. The molecule has 1 saturated carbocycles. The zero-order chi connectivity index (χ0) is 13.4. The number of aromatic nitrogens is 1. The van der Waals surface area contributed by atoms with E-state index in [2.05, 4.69) is 42.1 Å². The molecule has 1 aromatic heterocycles. The van der Waals surface area contributed by atoms with E-state index in [0.717, 1.165) is 18.3 Å². The van der Waals surface area contributed by atoms with Gasteiger partial charge in [0.1, 0.15) is 0 Å². The van der Waals surface area contributed by atoms with Crippen LogP contribution < -0.4 is 11.1 Å². The minimum Gasteiger partial charge on any atom is -0.399 e. The van der Waals surface area contributed by atoms with Crippen LogP contribution in [0, 0.1) is 0 Å². The number of nitrogen functional groups attached to an aromatic ring is 1. The van der Waals surface area contributed by atoms with Crippen molar-refractivity contribution >= 4 is 16.6 Å². The molecule has 0 bridgehead atoms. The topological polar surface area (TPSA) is 43.0 Å². The molecule has 0 saturated heterocycles. The molecule has 3 nitrogen and oxygen atoms in total. The van der Waals surface area contributed by atoms with Crippen molar-refractivity contribution in [1.82, 2.24) is 9.88 Å². The number of nitrogens with one attached hydrogen (secondary N) is 1. The molecule has 1 aromatic carbocycles. The fourth-order valence-corrected chi connectivity index (χ4v) is 2.78. The maximum Gasteiger partial charge on any atom is 0.0487 e. The molecular weight excluding hydrogens is 234 g/mol. The molecule has 1 heterocycles. The lowest BCUT2D eigenvalue weighted by molar-refractivity contribution is 0.338. The summed E-state index contributed by atoms with van der Waals surface area (Å²) in [4.78, 5) is 0. The summed E-state index contributed by atoms with van der Waals surface area (Å²) in [5, 5.41) is 4.94. The smallest absolute Gasteiger partial charge is 0.0487 e. The molecule has 102 valence electrons. The van der Waals surface area contributed by atoms with Gasteiger partial charge >= 0.3 is 0 Å². The third-order valence-electron chi connectivity index (χ3n) is 4.18. The molecule has 0 radical (unpaired) electrons. The first-order chi connectivity index (χ1) is 9.15. The van der Waals surface area contributed by atoms with Gasteiger partial charge in [0.25, 0.3) is 0 Å². The molecular formula is C16H23N3. The number of hydrogen-bond acceptors (Lipinski definition) is 2. The molecule has 3 rings (SSSR count). The molecule has 0 atom stereocenters. The van der Waals surface area contributed by atoms with Gasteiger partial charge in [0.15, 0.2) is 0 Å². The molecule has 0 aliphatic heterocycles. The Kier molecular flexibility index (Phi) is 3.23. The Bertz CT molecular complexity index is 579. The first-order valence-corrected chi connectivity index (χ1v) is 7.27. The third-order valence-corrected chi connectivity index (χ3v) is 4.18. The molecule has 1 aliphatic carbocycles. The SMILES string of the molecule is CC(C)n1cc(CNC2CCC2)c2cc(N)ccc21. The Morgan fingerprint density at radius 3 is 2.79 bits per heavy atom. The lowest BCUT2D eigenvalue weighted by atomic mass is 9.93. The van der Waals surface area contributed by atoms with Crippen LogP contribution in [0.15, 0.2) is 24.4 Å². The summed E-state index contributed by atoms with van der Waals surface area (Å²) in [5.41, 5.74) is 9.44. The van der Waals surface area contributed by atoms with Gasteiger partial charge in [-0.3, -0.25) is 0 Å². The average molecular weight is 257 g/mol. The van der Waals surface area contributed by atoms with E-state index in [-0.39, 0.29) is 0 Å². The Balaban J connectivity index is 1.94. The van der Waals surface area contributed by atoms with Gasteiger partial charge in [-0.1, -0.05) is 6.42 Å². The van der Waals surface area contributed by atoms with E-state index in [9.17, 15) is 0 Å². The van der Waals surface area contributed by atoms with E-state index < -0.39 is 0 Å². The molecule has 19 heavy (non-hydrogen) atoms. The second-order valence-electron chi connectivity index (χ2n) is 5.94. The van der Waals surface area contributed by atoms with Crippen LogP contribution in [0.5, 0.6) is 0 Å². The van der Waals surface area contributed by atoms with Crippen molar-refractivity contribution in [1.29, 1.82) is 0 Å². The second-order valence-corrected chi connectivity index (χ2v) is 5.94. The van der Waals surface area contributed by atoms with E-state index in [4.69, 9.17) is 5.73 Å². The van der Waals surface area contributed by atoms with Crippen LogP contribution in [0.4, 0.5) is 5.69 Å². The summed E-state index contributed by atoms with van der Waals surface area (Å²) in [6.45, 7) is 5.39. The monoisotopic (exact) mass is 257 g/mol.